The topological polar surface area (TPSA) is 38.3 Å². The fourth-order valence-corrected chi connectivity index (χ4v) is 1.91. The van der Waals surface area contributed by atoms with Crippen LogP contribution in [-0.2, 0) is 15.5 Å². The molecular weight excluding hydrogens is 264 g/mol. The van der Waals surface area contributed by atoms with E-state index in [9.17, 15) is 13.6 Å². The van der Waals surface area contributed by atoms with Gasteiger partial charge in [0.1, 0.15) is 6.04 Å². The first-order chi connectivity index (χ1) is 9.36. The van der Waals surface area contributed by atoms with Crippen molar-refractivity contribution in [3.05, 3.63) is 35.9 Å². The summed E-state index contributed by atoms with van der Waals surface area (Å²) in [5, 5.41) is 2.62. The maximum absolute atomic E-state index is 14.0. The van der Waals surface area contributed by atoms with E-state index in [2.05, 4.69) is 10.1 Å². The maximum Gasteiger partial charge on any atom is 0.322 e. The third-order valence-corrected chi connectivity index (χ3v) is 2.96. The molecule has 0 aliphatic heterocycles. The molecule has 0 heterocycles. The highest BCUT2D eigenvalue weighted by molar-refractivity contribution is 5.75. The van der Waals surface area contributed by atoms with Crippen LogP contribution < -0.4 is 5.32 Å². The van der Waals surface area contributed by atoms with Gasteiger partial charge in [0, 0.05) is 5.56 Å². The van der Waals surface area contributed by atoms with Gasteiger partial charge in [0.15, 0.2) is 0 Å². The molecule has 0 amide bonds. The van der Waals surface area contributed by atoms with Crippen LogP contribution in [0, 0.1) is 5.92 Å². The predicted octanol–water partition coefficient (Wildman–Crippen LogP) is 2.96. The van der Waals surface area contributed by atoms with Gasteiger partial charge in [0.05, 0.1) is 13.7 Å². The molecule has 1 aromatic rings. The molecule has 0 spiro atoms. The second kappa shape index (κ2) is 7.33. The van der Waals surface area contributed by atoms with Gasteiger partial charge in [-0.1, -0.05) is 44.2 Å². The molecule has 20 heavy (non-hydrogen) atoms. The zero-order valence-electron chi connectivity index (χ0n) is 12.0. The number of halogens is 2. The summed E-state index contributed by atoms with van der Waals surface area (Å²) in [6, 6.07) is 6.84. The van der Waals surface area contributed by atoms with Gasteiger partial charge in [-0.3, -0.25) is 10.1 Å². The van der Waals surface area contributed by atoms with Crippen LogP contribution in [0.5, 0.6) is 0 Å². The summed E-state index contributed by atoms with van der Waals surface area (Å²) in [6.45, 7) is 3.25. The van der Waals surface area contributed by atoms with Gasteiger partial charge in [0.2, 0.25) is 0 Å². The molecule has 0 fully saturated rings. The fourth-order valence-electron chi connectivity index (χ4n) is 1.91. The van der Waals surface area contributed by atoms with Crippen molar-refractivity contribution < 1.29 is 18.3 Å². The number of alkyl halides is 2. The Hall–Kier alpha value is -1.49. The number of hydrogen-bond donors (Lipinski definition) is 1. The molecule has 1 aromatic carbocycles. The van der Waals surface area contributed by atoms with Crippen molar-refractivity contribution in [1.82, 2.24) is 5.32 Å². The van der Waals surface area contributed by atoms with Crippen LogP contribution in [0.1, 0.15) is 25.8 Å². The first-order valence-corrected chi connectivity index (χ1v) is 6.61. The average molecular weight is 285 g/mol. The van der Waals surface area contributed by atoms with Gasteiger partial charge < -0.3 is 4.74 Å². The zero-order chi connectivity index (χ0) is 15.2. The van der Waals surface area contributed by atoms with Gasteiger partial charge in [0.25, 0.3) is 5.92 Å². The second-order valence-electron chi connectivity index (χ2n) is 5.16. The van der Waals surface area contributed by atoms with Gasteiger partial charge >= 0.3 is 5.97 Å². The highest BCUT2D eigenvalue weighted by atomic mass is 19.3. The number of hydrogen-bond acceptors (Lipinski definition) is 3. The van der Waals surface area contributed by atoms with E-state index in [-0.39, 0.29) is 11.5 Å². The van der Waals surface area contributed by atoms with Gasteiger partial charge in [-0.25, -0.2) is 0 Å². The molecule has 1 unspecified atom stereocenters. The molecule has 0 saturated heterocycles. The summed E-state index contributed by atoms with van der Waals surface area (Å²) in [6.07, 6.45) is 0.456. The van der Waals surface area contributed by atoms with E-state index in [1.807, 2.05) is 13.8 Å². The Morgan fingerprint density at radius 3 is 2.40 bits per heavy atom. The highest BCUT2D eigenvalue weighted by Gasteiger charge is 2.33. The molecule has 1 atom stereocenters. The molecule has 0 aromatic heterocycles. The lowest BCUT2D eigenvalue weighted by atomic mass is 10.0. The fraction of sp³-hybridized carbons (Fsp3) is 0.533. The molecule has 0 radical (unpaired) electrons. The summed E-state index contributed by atoms with van der Waals surface area (Å²) in [5.41, 5.74) is -0.0688. The predicted molar refractivity (Wildman–Crippen MR) is 73.6 cm³/mol. The van der Waals surface area contributed by atoms with Gasteiger partial charge in [-0.05, 0) is 12.3 Å². The van der Waals surface area contributed by atoms with Crippen LogP contribution in [0.2, 0.25) is 0 Å². The van der Waals surface area contributed by atoms with Gasteiger partial charge in [-0.15, -0.1) is 0 Å². The lowest BCUT2D eigenvalue weighted by molar-refractivity contribution is -0.144. The Kier molecular flexibility index (Phi) is 6.07. The highest BCUT2D eigenvalue weighted by Crippen LogP contribution is 2.27. The minimum absolute atomic E-state index is 0.0688. The largest absolute Gasteiger partial charge is 0.468 e. The van der Waals surface area contributed by atoms with E-state index >= 15 is 0 Å². The van der Waals surface area contributed by atoms with E-state index in [1.165, 1.54) is 19.2 Å². The number of benzene rings is 1. The average Bonchev–Trinajstić information content (AvgIpc) is 2.43. The quantitative estimate of drug-likeness (QED) is 0.783. The van der Waals surface area contributed by atoms with E-state index < -0.39 is 24.5 Å². The van der Waals surface area contributed by atoms with Crippen molar-refractivity contribution in [3.63, 3.8) is 0 Å². The Balaban J connectivity index is 2.68. The molecule has 0 aliphatic carbocycles. The Bertz CT molecular complexity index is 421. The molecule has 5 heteroatoms. The Labute approximate surface area is 118 Å². The third-order valence-electron chi connectivity index (χ3n) is 2.96. The molecular formula is C15H21F2NO2. The molecule has 112 valence electrons. The van der Waals surface area contributed by atoms with Crippen LogP contribution in [0.15, 0.2) is 30.3 Å². The summed E-state index contributed by atoms with van der Waals surface area (Å²) in [4.78, 5) is 11.6. The van der Waals surface area contributed by atoms with Crippen molar-refractivity contribution in [3.8, 4) is 0 Å². The first-order valence-electron chi connectivity index (χ1n) is 6.61. The lowest BCUT2D eigenvalue weighted by Gasteiger charge is -2.22. The van der Waals surface area contributed by atoms with E-state index in [0.717, 1.165) is 0 Å². The molecule has 0 saturated carbocycles. The van der Waals surface area contributed by atoms with Crippen LogP contribution in [0.25, 0.3) is 0 Å². The smallest absolute Gasteiger partial charge is 0.322 e. The van der Waals surface area contributed by atoms with Crippen molar-refractivity contribution in [1.29, 1.82) is 0 Å². The molecule has 3 nitrogen and oxygen atoms in total. The van der Waals surface area contributed by atoms with Crippen LogP contribution in [0.3, 0.4) is 0 Å². The normalized spacial score (nSPS) is 13.3. The number of esters is 1. The molecule has 0 bridgehead atoms. The standard InChI is InChI=1S/C15H21F2NO2/c1-11(2)9-13(14(19)20-3)18-10-15(16,17)12-7-5-4-6-8-12/h4-8,11,13,18H,9-10H2,1-3H3. The third kappa shape index (κ3) is 4.89. The monoisotopic (exact) mass is 285 g/mol. The minimum atomic E-state index is -3.02. The molecule has 1 N–H and O–H groups in total. The number of rotatable bonds is 7. The summed E-state index contributed by atoms with van der Waals surface area (Å²) in [5.74, 6) is -3.33. The van der Waals surface area contributed by atoms with Crippen LogP contribution >= 0.6 is 0 Å². The Morgan fingerprint density at radius 1 is 1.30 bits per heavy atom. The minimum Gasteiger partial charge on any atom is -0.468 e. The lowest BCUT2D eigenvalue weighted by Crippen LogP contribution is -2.43. The van der Waals surface area contributed by atoms with Crippen molar-refractivity contribution in [2.45, 2.75) is 32.2 Å². The molecule has 1 rings (SSSR count). The summed E-state index contributed by atoms with van der Waals surface area (Å²) in [7, 11) is 1.26. The first kappa shape index (κ1) is 16.6. The van der Waals surface area contributed by atoms with Crippen molar-refractivity contribution in [2.24, 2.45) is 5.92 Å². The van der Waals surface area contributed by atoms with Crippen molar-refractivity contribution >= 4 is 5.97 Å². The second-order valence-corrected chi connectivity index (χ2v) is 5.16. The van der Waals surface area contributed by atoms with Crippen LogP contribution in [0.4, 0.5) is 8.78 Å². The van der Waals surface area contributed by atoms with Gasteiger partial charge in [-0.2, -0.15) is 8.78 Å². The molecule has 0 aliphatic rings. The van der Waals surface area contributed by atoms with Crippen molar-refractivity contribution in [2.75, 3.05) is 13.7 Å². The number of nitrogens with one attached hydrogen (secondary N) is 1. The van der Waals surface area contributed by atoms with Crippen LogP contribution in [-0.4, -0.2) is 25.7 Å². The summed E-state index contributed by atoms with van der Waals surface area (Å²) < 4.78 is 32.7. The number of ether oxygens (including phenoxy) is 1. The number of carbonyl (C=O) groups excluding carboxylic acids is 1. The zero-order valence-corrected chi connectivity index (χ0v) is 12.0. The van der Waals surface area contributed by atoms with E-state index in [4.69, 9.17) is 0 Å². The number of carbonyl (C=O) groups is 1. The number of methoxy groups -OCH3 is 1. The maximum atomic E-state index is 14.0. The van der Waals surface area contributed by atoms with E-state index in [1.54, 1.807) is 18.2 Å². The SMILES string of the molecule is COC(=O)C(CC(C)C)NCC(F)(F)c1ccccc1. The van der Waals surface area contributed by atoms with E-state index in [0.29, 0.717) is 6.42 Å². The summed E-state index contributed by atoms with van der Waals surface area (Å²) >= 11 is 0. The Morgan fingerprint density at radius 2 is 1.90 bits per heavy atom.